The fourth-order valence-corrected chi connectivity index (χ4v) is 5.59. The molecule has 0 aliphatic carbocycles. The zero-order valence-corrected chi connectivity index (χ0v) is 17.3. The highest BCUT2D eigenvalue weighted by atomic mass is 28.3. The molecule has 1 unspecified atom stereocenters. The number of hydrogen-bond acceptors (Lipinski definition) is 2. The Morgan fingerprint density at radius 2 is 1.33 bits per heavy atom. The molecule has 0 aliphatic heterocycles. The molecule has 138 valence electrons. The molecule has 0 radical (unpaired) electrons. The Hall–Kier alpha value is -0.643. The van der Waals surface area contributed by atoms with E-state index in [9.17, 15) is 0 Å². The van der Waals surface area contributed by atoms with Crippen molar-refractivity contribution in [3.63, 3.8) is 0 Å². The second-order valence-electron chi connectivity index (χ2n) is 6.68. The van der Waals surface area contributed by atoms with E-state index in [1.807, 2.05) is 0 Å². The Kier molecular flexibility index (Phi) is 13.1. The lowest BCUT2D eigenvalue weighted by atomic mass is 10.0. The van der Waals surface area contributed by atoms with Gasteiger partial charge in [0, 0.05) is 18.8 Å². The minimum atomic E-state index is -1.68. The molecular weight excluding hydrogens is 312 g/mol. The van der Waals surface area contributed by atoms with Gasteiger partial charge >= 0.3 is 9.28 Å². The van der Waals surface area contributed by atoms with Crippen molar-refractivity contribution in [3.8, 4) is 0 Å². The first kappa shape index (κ1) is 21.4. The summed E-state index contributed by atoms with van der Waals surface area (Å²) in [6.07, 6.45) is 11.4. The first-order chi connectivity index (χ1) is 11.8. The van der Waals surface area contributed by atoms with Crippen molar-refractivity contribution >= 4 is 9.28 Å². The summed E-state index contributed by atoms with van der Waals surface area (Å²) >= 11 is 0. The van der Waals surface area contributed by atoms with Crippen LogP contribution in [0.15, 0.2) is 30.3 Å². The van der Waals surface area contributed by atoms with Crippen LogP contribution in [0.3, 0.4) is 0 Å². The van der Waals surface area contributed by atoms with Crippen LogP contribution in [0.5, 0.6) is 0 Å². The van der Waals surface area contributed by atoms with Gasteiger partial charge in [-0.05, 0) is 24.8 Å². The summed E-state index contributed by atoms with van der Waals surface area (Å²) in [6.45, 7) is 8.30. The van der Waals surface area contributed by atoms with Gasteiger partial charge in [0.1, 0.15) is 0 Å². The molecule has 0 saturated heterocycles. The maximum atomic E-state index is 6.22. The van der Waals surface area contributed by atoms with Gasteiger partial charge in [-0.25, -0.2) is 0 Å². The number of rotatable bonds is 15. The molecule has 0 aliphatic rings. The van der Waals surface area contributed by atoms with E-state index in [2.05, 4.69) is 51.1 Å². The topological polar surface area (TPSA) is 18.5 Å². The van der Waals surface area contributed by atoms with Crippen LogP contribution in [-0.2, 0) is 8.85 Å². The quantitative estimate of drug-likeness (QED) is 0.280. The molecule has 1 rings (SSSR count). The van der Waals surface area contributed by atoms with Gasteiger partial charge in [-0.15, -0.1) is 0 Å². The van der Waals surface area contributed by atoms with Crippen LogP contribution in [0.2, 0.25) is 0 Å². The summed E-state index contributed by atoms with van der Waals surface area (Å²) in [6, 6.07) is 10.9. The van der Waals surface area contributed by atoms with Crippen LogP contribution >= 0.6 is 0 Å². The maximum absolute atomic E-state index is 6.22. The van der Waals surface area contributed by atoms with E-state index in [0.717, 1.165) is 26.1 Å². The minimum absolute atomic E-state index is 0.482. The van der Waals surface area contributed by atoms with E-state index in [4.69, 9.17) is 8.85 Å². The predicted molar refractivity (Wildman–Crippen MR) is 107 cm³/mol. The average Bonchev–Trinajstić information content (AvgIpc) is 2.63. The summed E-state index contributed by atoms with van der Waals surface area (Å²) in [5, 5.41) is 0. The molecule has 0 saturated carbocycles. The van der Waals surface area contributed by atoms with Crippen molar-refractivity contribution in [2.75, 3.05) is 13.2 Å². The Balaban J connectivity index is 2.63. The number of benzene rings is 1. The summed E-state index contributed by atoms with van der Waals surface area (Å²) in [4.78, 5) is 0. The van der Waals surface area contributed by atoms with Crippen LogP contribution in [-0.4, -0.2) is 22.5 Å². The van der Waals surface area contributed by atoms with E-state index in [0.29, 0.717) is 5.54 Å². The molecule has 1 aromatic carbocycles. The summed E-state index contributed by atoms with van der Waals surface area (Å²) in [5.74, 6) is 0. The molecule has 0 fully saturated rings. The van der Waals surface area contributed by atoms with Gasteiger partial charge in [0.05, 0.1) is 0 Å². The molecule has 0 amide bonds. The lowest BCUT2D eigenvalue weighted by molar-refractivity contribution is 0.186. The van der Waals surface area contributed by atoms with Crippen LogP contribution in [0, 0.1) is 0 Å². The molecular formula is C21H38O2Si. The minimum Gasteiger partial charge on any atom is -0.396 e. The Bertz CT molecular complexity index is 375. The van der Waals surface area contributed by atoms with Crippen molar-refractivity contribution in [1.82, 2.24) is 0 Å². The van der Waals surface area contributed by atoms with E-state index in [1.165, 1.54) is 50.5 Å². The first-order valence-electron chi connectivity index (χ1n) is 10.1. The molecule has 0 spiro atoms. The van der Waals surface area contributed by atoms with Gasteiger partial charge < -0.3 is 8.85 Å². The molecule has 2 nitrogen and oxygen atoms in total. The van der Waals surface area contributed by atoms with Crippen LogP contribution < -0.4 is 0 Å². The highest BCUT2D eigenvalue weighted by molar-refractivity contribution is 6.46. The van der Waals surface area contributed by atoms with Crippen molar-refractivity contribution in [1.29, 1.82) is 0 Å². The monoisotopic (exact) mass is 350 g/mol. The van der Waals surface area contributed by atoms with Crippen molar-refractivity contribution in [3.05, 3.63) is 35.9 Å². The highest BCUT2D eigenvalue weighted by Gasteiger charge is 2.27. The van der Waals surface area contributed by atoms with Gasteiger partial charge in [0.15, 0.2) is 0 Å². The van der Waals surface area contributed by atoms with E-state index < -0.39 is 9.28 Å². The lowest BCUT2D eigenvalue weighted by Gasteiger charge is -2.26. The van der Waals surface area contributed by atoms with Crippen LogP contribution in [0.25, 0.3) is 0 Å². The first-order valence-corrected chi connectivity index (χ1v) is 11.7. The third-order valence-corrected chi connectivity index (χ3v) is 6.90. The molecule has 24 heavy (non-hydrogen) atoms. The smallest absolute Gasteiger partial charge is 0.329 e. The van der Waals surface area contributed by atoms with Gasteiger partial charge in [-0.1, -0.05) is 89.6 Å². The predicted octanol–water partition coefficient (Wildman–Crippen LogP) is 6.13. The van der Waals surface area contributed by atoms with Crippen molar-refractivity contribution in [2.24, 2.45) is 0 Å². The third-order valence-electron chi connectivity index (χ3n) is 4.40. The fourth-order valence-electron chi connectivity index (χ4n) is 3.05. The van der Waals surface area contributed by atoms with Gasteiger partial charge in [-0.2, -0.15) is 0 Å². The molecule has 0 bridgehead atoms. The second kappa shape index (κ2) is 14.7. The molecule has 0 N–H and O–H groups in total. The second-order valence-corrected chi connectivity index (χ2v) is 8.89. The van der Waals surface area contributed by atoms with E-state index in [-0.39, 0.29) is 0 Å². The highest BCUT2D eigenvalue weighted by Crippen LogP contribution is 2.27. The van der Waals surface area contributed by atoms with Gasteiger partial charge in [0.25, 0.3) is 0 Å². The summed E-state index contributed by atoms with van der Waals surface area (Å²) in [7, 11) is -1.68. The van der Waals surface area contributed by atoms with Crippen molar-refractivity contribution in [2.45, 2.75) is 84.1 Å². The van der Waals surface area contributed by atoms with Crippen LogP contribution in [0.4, 0.5) is 0 Å². The molecule has 0 heterocycles. The lowest BCUT2D eigenvalue weighted by Crippen LogP contribution is -2.32. The molecule has 0 aromatic heterocycles. The zero-order valence-electron chi connectivity index (χ0n) is 16.1. The van der Waals surface area contributed by atoms with E-state index >= 15 is 0 Å². The summed E-state index contributed by atoms with van der Waals surface area (Å²) in [5.41, 5.74) is 1.89. The Morgan fingerprint density at radius 3 is 1.92 bits per heavy atom. The fraction of sp³-hybridized carbons (Fsp3) is 0.714. The van der Waals surface area contributed by atoms with E-state index in [1.54, 1.807) is 0 Å². The normalized spacial score (nSPS) is 12.7. The maximum Gasteiger partial charge on any atom is 0.329 e. The van der Waals surface area contributed by atoms with Gasteiger partial charge in [0.2, 0.25) is 0 Å². The number of hydrogen-bond donors (Lipinski definition) is 0. The molecule has 1 aromatic rings. The standard InChI is InChI=1S/C21H38O2Si/c1-4-7-8-9-10-14-17-21(20-15-12-11-13-16-20)24(22-18-5-2)23-19-6-3/h11-13,15-16,21,24H,4-10,14,17-19H2,1-3H3. The van der Waals surface area contributed by atoms with Crippen LogP contribution in [0.1, 0.15) is 89.7 Å². The number of unbranched alkanes of at least 4 members (excludes halogenated alkanes) is 5. The molecule has 3 heteroatoms. The van der Waals surface area contributed by atoms with Gasteiger partial charge in [-0.3, -0.25) is 0 Å². The van der Waals surface area contributed by atoms with Crippen molar-refractivity contribution < 1.29 is 8.85 Å². The zero-order chi connectivity index (χ0) is 17.5. The third kappa shape index (κ3) is 9.00. The Labute approximate surface area is 151 Å². The Morgan fingerprint density at radius 1 is 0.750 bits per heavy atom. The molecule has 1 atom stereocenters. The largest absolute Gasteiger partial charge is 0.396 e. The summed E-state index contributed by atoms with van der Waals surface area (Å²) < 4.78 is 12.4. The average molecular weight is 351 g/mol. The SMILES string of the molecule is CCCCCCCCC(c1ccccc1)[SiH](OCCC)OCCC.